The minimum absolute atomic E-state index is 0.0931. The molecule has 0 radical (unpaired) electrons. The topological polar surface area (TPSA) is 72.9 Å². The number of benzene rings is 2. The first-order valence-electron chi connectivity index (χ1n) is 9.53. The van der Waals surface area contributed by atoms with Crippen molar-refractivity contribution in [3.8, 4) is 5.75 Å². The lowest BCUT2D eigenvalue weighted by molar-refractivity contribution is -0.148. The van der Waals surface area contributed by atoms with Gasteiger partial charge in [0.1, 0.15) is 12.4 Å². The van der Waals surface area contributed by atoms with Crippen LogP contribution in [-0.4, -0.2) is 37.4 Å². The maximum atomic E-state index is 12.4. The van der Waals surface area contributed by atoms with Crippen LogP contribution in [0.15, 0.2) is 42.5 Å². The van der Waals surface area contributed by atoms with E-state index in [4.69, 9.17) is 21.1 Å². The molecule has 0 spiro atoms. The minimum atomic E-state index is -0.475. The maximum Gasteiger partial charge on any atom is 0.313 e. The molecule has 29 heavy (non-hydrogen) atoms. The molecule has 4 rings (SSSR count). The number of halogens is 1. The van der Waals surface area contributed by atoms with Gasteiger partial charge in [-0.2, -0.15) is 0 Å². The second-order valence-corrected chi connectivity index (χ2v) is 7.63. The molecule has 0 aromatic heterocycles. The molecule has 2 aromatic rings. The molecule has 2 heterocycles. The Bertz CT molecular complexity index is 956. The number of hydrogen-bond acceptors (Lipinski definition) is 5. The van der Waals surface area contributed by atoms with Gasteiger partial charge in [0.15, 0.2) is 12.4 Å². The highest BCUT2D eigenvalue weighted by atomic mass is 35.5. The molecule has 1 amide bonds. The molecule has 1 atom stereocenters. The van der Waals surface area contributed by atoms with Crippen molar-refractivity contribution in [2.45, 2.75) is 19.3 Å². The smallest absolute Gasteiger partial charge is 0.313 e. The third-order valence-electron chi connectivity index (χ3n) is 5.18. The molecular weight excluding hydrogens is 394 g/mol. The third kappa shape index (κ3) is 4.27. The van der Waals surface area contributed by atoms with Crippen molar-refractivity contribution in [3.05, 3.63) is 58.6 Å². The SMILES string of the molecule is O=C(COC(=O)C1COc2ccc(Cl)cc2C1)c1ccc(N2CCCC2=O)cc1. The summed E-state index contributed by atoms with van der Waals surface area (Å²) in [5, 5.41) is 0.579. The first-order chi connectivity index (χ1) is 14.0. The Morgan fingerprint density at radius 3 is 2.69 bits per heavy atom. The fourth-order valence-corrected chi connectivity index (χ4v) is 3.80. The van der Waals surface area contributed by atoms with Gasteiger partial charge in [-0.1, -0.05) is 11.6 Å². The monoisotopic (exact) mass is 413 g/mol. The van der Waals surface area contributed by atoms with Gasteiger partial charge in [0.25, 0.3) is 0 Å². The summed E-state index contributed by atoms with van der Waals surface area (Å²) in [5.41, 5.74) is 2.06. The van der Waals surface area contributed by atoms with E-state index in [-0.39, 0.29) is 24.9 Å². The summed E-state index contributed by atoms with van der Waals surface area (Å²) in [4.78, 5) is 38.2. The summed E-state index contributed by atoms with van der Waals surface area (Å²) in [6, 6.07) is 12.1. The van der Waals surface area contributed by atoms with Crippen LogP contribution >= 0.6 is 11.6 Å². The Morgan fingerprint density at radius 1 is 1.17 bits per heavy atom. The zero-order valence-corrected chi connectivity index (χ0v) is 16.5. The molecule has 2 aliphatic heterocycles. The molecule has 0 N–H and O–H groups in total. The van der Waals surface area contributed by atoms with Crippen LogP contribution in [0.4, 0.5) is 5.69 Å². The number of anilines is 1. The lowest BCUT2D eigenvalue weighted by Gasteiger charge is -2.24. The largest absolute Gasteiger partial charge is 0.492 e. The van der Waals surface area contributed by atoms with Crippen LogP contribution in [0.25, 0.3) is 0 Å². The van der Waals surface area contributed by atoms with Crippen LogP contribution in [0.1, 0.15) is 28.8 Å². The lowest BCUT2D eigenvalue weighted by Crippen LogP contribution is -2.31. The third-order valence-corrected chi connectivity index (χ3v) is 5.42. The zero-order chi connectivity index (χ0) is 20.4. The lowest BCUT2D eigenvalue weighted by atomic mass is 9.97. The second-order valence-electron chi connectivity index (χ2n) is 7.19. The van der Waals surface area contributed by atoms with Crippen molar-refractivity contribution in [1.82, 2.24) is 0 Å². The van der Waals surface area contributed by atoms with Gasteiger partial charge in [-0.3, -0.25) is 14.4 Å². The van der Waals surface area contributed by atoms with Crippen LogP contribution in [0.2, 0.25) is 5.02 Å². The average Bonchev–Trinajstić information content (AvgIpc) is 3.17. The molecule has 7 heteroatoms. The summed E-state index contributed by atoms with van der Waals surface area (Å²) in [6.07, 6.45) is 1.86. The van der Waals surface area contributed by atoms with Crippen LogP contribution in [-0.2, 0) is 20.7 Å². The Morgan fingerprint density at radius 2 is 1.97 bits per heavy atom. The van der Waals surface area contributed by atoms with E-state index in [1.165, 1.54) is 0 Å². The fourth-order valence-electron chi connectivity index (χ4n) is 3.60. The number of Topliss-reactive ketones (excluding diaryl/α,β-unsaturated/α-hetero) is 1. The van der Waals surface area contributed by atoms with Gasteiger partial charge in [-0.05, 0) is 60.9 Å². The van der Waals surface area contributed by atoms with Crippen molar-refractivity contribution in [3.63, 3.8) is 0 Å². The number of rotatable bonds is 5. The van der Waals surface area contributed by atoms with E-state index in [2.05, 4.69) is 0 Å². The van der Waals surface area contributed by atoms with Crippen molar-refractivity contribution in [2.24, 2.45) is 5.92 Å². The fraction of sp³-hybridized carbons (Fsp3) is 0.318. The predicted molar refractivity (Wildman–Crippen MR) is 107 cm³/mol. The summed E-state index contributed by atoms with van der Waals surface area (Å²) in [5.74, 6) is -0.430. The number of fused-ring (bicyclic) bond motifs is 1. The number of amides is 1. The normalized spacial score (nSPS) is 18.2. The Kier molecular flexibility index (Phi) is 5.53. The van der Waals surface area contributed by atoms with Gasteiger partial charge < -0.3 is 14.4 Å². The van der Waals surface area contributed by atoms with Crippen molar-refractivity contribution in [1.29, 1.82) is 0 Å². The average molecular weight is 414 g/mol. The van der Waals surface area contributed by atoms with Crippen LogP contribution < -0.4 is 9.64 Å². The highest BCUT2D eigenvalue weighted by Crippen LogP contribution is 2.30. The Labute approximate surface area is 173 Å². The number of esters is 1. The molecule has 150 valence electrons. The molecule has 1 unspecified atom stereocenters. The molecule has 0 aliphatic carbocycles. The quantitative estimate of drug-likeness (QED) is 0.554. The van der Waals surface area contributed by atoms with E-state index < -0.39 is 11.9 Å². The predicted octanol–water partition coefficient (Wildman–Crippen LogP) is 3.44. The number of carbonyl (C=O) groups excluding carboxylic acids is 3. The van der Waals surface area contributed by atoms with Crippen LogP contribution in [0.3, 0.4) is 0 Å². The number of nitrogens with zero attached hydrogens (tertiary/aromatic N) is 1. The van der Waals surface area contributed by atoms with E-state index in [1.54, 1.807) is 47.4 Å². The van der Waals surface area contributed by atoms with Crippen LogP contribution in [0.5, 0.6) is 5.75 Å². The van der Waals surface area contributed by atoms with Crippen molar-refractivity contribution >= 4 is 34.9 Å². The number of hydrogen-bond donors (Lipinski definition) is 0. The zero-order valence-electron chi connectivity index (χ0n) is 15.7. The summed E-state index contributed by atoms with van der Waals surface area (Å²) in [6.45, 7) is 0.571. The summed E-state index contributed by atoms with van der Waals surface area (Å²) >= 11 is 6.00. The highest BCUT2D eigenvalue weighted by Gasteiger charge is 2.28. The highest BCUT2D eigenvalue weighted by molar-refractivity contribution is 6.30. The molecule has 2 aromatic carbocycles. The maximum absolute atomic E-state index is 12.4. The van der Waals surface area contributed by atoms with E-state index in [1.807, 2.05) is 0 Å². The molecule has 2 aliphatic rings. The van der Waals surface area contributed by atoms with Gasteiger partial charge >= 0.3 is 5.97 Å². The van der Waals surface area contributed by atoms with Crippen molar-refractivity contribution < 1.29 is 23.9 Å². The first kappa shape index (κ1) is 19.5. The van der Waals surface area contributed by atoms with Gasteiger partial charge in [-0.25, -0.2) is 0 Å². The van der Waals surface area contributed by atoms with Gasteiger partial charge in [0, 0.05) is 29.2 Å². The van der Waals surface area contributed by atoms with E-state index >= 15 is 0 Å². The van der Waals surface area contributed by atoms with E-state index in [0.717, 1.165) is 17.7 Å². The number of ketones is 1. The Hall–Kier alpha value is -2.86. The molecule has 1 saturated heterocycles. The molecule has 0 saturated carbocycles. The molecule has 6 nitrogen and oxygen atoms in total. The van der Waals surface area contributed by atoms with Gasteiger partial charge in [-0.15, -0.1) is 0 Å². The second kappa shape index (κ2) is 8.25. The van der Waals surface area contributed by atoms with Crippen molar-refractivity contribution in [2.75, 3.05) is 24.7 Å². The number of carbonyl (C=O) groups is 3. The summed E-state index contributed by atoms with van der Waals surface area (Å²) in [7, 11) is 0. The Balaban J connectivity index is 1.32. The minimum Gasteiger partial charge on any atom is -0.492 e. The molecular formula is C22H20ClNO5. The first-order valence-corrected chi connectivity index (χ1v) is 9.90. The number of ether oxygens (including phenoxy) is 2. The van der Waals surface area contributed by atoms with Gasteiger partial charge in [0.2, 0.25) is 5.91 Å². The molecule has 0 bridgehead atoms. The van der Waals surface area contributed by atoms with Gasteiger partial charge in [0.05, 0.1) is 5.92 Å². The van der Waals surface area contributed by atoms with E-state index in [0.29, 0.717) is 35.7 Å². The molecule has 1 fully saturated rings. The standard InChI is InChI=1S/C22H20ClNO5/c23-17-5-8-20-15(11-17)10-16(12-28-20)22(27)29-13-19(25)14-3-6-18(7-4-14)24-9-1-2-21(24)26/h3-8,11,16H,1-2,9-10,12-13H2. The summed E-state index contributed by atoms with van der Waals surface area (Å²) < 4.78 is 10.8. The van der Waals surface area contributed by atoms with Crippen LogP contribution in [0, 0.1) is 5.92 Å². The van der Waals surface area contributed by atoms with E-state index in [9.17, 15) is 14.4 Å².